The number of halogens is 2. The van der Waals surface area contributed by atoms with Crippen molar-refractivity contribution in [3.63, 3.8) is 0 Å². The van der Waals surface area contributed by atoms with E-state index in [0.29, 0.717) is 5.56 Å². The average molecular weight is 279 g/mol. The summed E-state index contributed by atoms with van der Waals surface area (Å²) in [5, 5.41) is 8.91. The van der Waals surface area contributed by atoms with E-state index in [9.17, 15) is 8.78 Å². The number of piperazine rings is 1. The van der Waals surface area contributed by atoms with Crippen LogP contribution in [0, 0.1) is 23.0 Å². The van der Waals surface area contributed by atoms with Gasteiger partial charge in [-0.2, -0.15) is 5.26 Å². The lowest BCUT2D eigenvalue weighted by atomic mass is 10.0. The topological polar surface area (TPSA) is 30.3 Å². The van der Waals surface area contributed by atoms with Gasteiger partial charge in [-0.05, 0) is 19.9 Å². The Morgan fingerprint density at radius 3 is 2.25 bits per heavy atom. The molecular formula is C15H19F2N3. The minimum absolute atomic E-state index is 0.0878. The van der Waals surface area contributed by atoms with E-state index in [1.807, 2.05) is 13.8 Å². The maximum Gasteiger partial charge on any atom is 0.130 e. The smallest absolute Gasteiger partial charge is 0.130 e. The standard InChI is InChI=1S/C15H19F2N3/c1-11(10-18)19-5-7-20(8-6-19)12(2)14-4-3-13(16)9-15(14)17/h3-4,9,11-12H,5-8H2,1-2H3. The van der Waals surface area contributed by atoms with Crippen molar-refractivity contribution in [2.75, 3.05) is 26.2 Å². The zero-order chi connectivity index (χ0) is 14.7. The average Bonchev–Trinajstić information content (AvgIpc) is 2.46. The van der Waals surface area contributed by atoms with Gasteiger partial charge in [0.05, 0.1) is 12.1 Å². The molecule has 108 valence electrons. The fourth-order valence-corrected chi connectivity index (χ4v) is 2.63. The molecule has 2 rings (SSSR count). The van der Waals surface area contributed by atoms with Crippen LogP contribution in [-0.2, 0) is 0 Å². The summed E-state index contributed by atoms with van der Waals surface area (Å²) in [6.45, 7) is 6.97. The third kappa shape index (κ3) is 3.14. The van der Waals surface area contributed by atoms with Gasteiger partial charge in [0.25, 0.3) is 0 Å². The molecule has 1 fully saturated rings. The summed E-state index contributed by atoms with van der Waals surface area (Å²) in [4.78, 5) is 4.28. The molecule has 0 spiro atoms. The van der Waals surface area contributed by atoms with E-state index in [4.69, 9.17) is 5.26 Å². The van der Waals surface area contributed by atoms with Gasteiger partial charge in [0.1, 0.15) is 11.6 Å². The highest BCUT2D eigenvalue weighted by atomic mass is 19.1. The minimum atomic E-state index is -0.550. The van der Waals surface area contributed by atoms with Gasteiger partial charge in [-0.15, -0.1) is 0 Å². The van der Waals surface area contributed by atoms with Gasteiger partial charge in [0.15, 0.2) is 0 Å². The highest BCUT2D eigenvalue weighted by Crippen LogP contribution is 2.24. The van der Waals surface area contributed by atoms with Crippen molar-refractivity contribution >= 4 is 0 Å². The van der Waals surface area contributed by atoms with Crippen LogP contribution in [0.3, 0.4) is 0 Å². The fourth-order valence-electron chi connectivity index (χ4n) is 2.63. The van der Waals surface area contributed by atoms with Crippen LogP contribution in [0.25, 0.3) is 0 Å². The molecule has 0 radical (unpaired) electrons. The molecule has 1 aromatic carbocycles. The van der Waals surface area contributed by atoms with Gasteiger partial charge in [-0.1, -0.05) is 6.07 Å². The Kier molecular flexibility index (Phi) is 4.69. The highest BCUT2D eigenvalue weighted by molar-refractivity contribution is 5.22. The van der Waals surface area contributed by atoms with Gasteiger partial charge in [0, 0.05) is 43.9 Å². The van der Waals surface area contributed by atoms with Crippen molar-refractivity contribution in [3.8, 4) is 6.07 Å². The van der Waals surface area contributed by atoms with Crippen LogP contribution in [0.5, 0.6) is 0 Å². The van der Waals surface area contributed by atoms with Crippen molar-refractivity contribution in [1.82, 2.24) is 9.80 Å². The molecular weight excluding hydrogens is 260 g/mol. The maximum absolute atomic E-state index is 13.8. The lowest BCUT2D eigenvalue weighted by Crippen LogP contribution is -2.49. The molecule has 0 saturated carbocycles. The lowest BCUT2D eigenvalue weighted by molar-refractivity contribution is 0.0906. The van der Waals surface area contributed by atoms with Crippen molar-refractivity contribution < 1.29 is 8.78 Å². The Morgan fingerprint density at radius 2 is 1.70 bits per heavy atom. The zero-order valence-corrected chi connectivity index (χ0v) is 11.8. The first kappa shape index (κ1) is 14.9. The van der Waals surface area contributed by atoms with E-state index in [2.05, 4.69) is 15.9 Å². The monoisotopic (exact) mass is 279 g/mol. The van der Waals surface area contributed by atoms with E-state index in [-0.39, 0.29) is 12.1 Å². The Morgan fingerprint density at radius 1 is 1.10 bits per heavy atom. The van der Waals surface area contributed by atoms with E-state index < -0.39 is 11.6 Å². The van der Waals surface area contributed by atoms with Crippen molar-refractivity contribution in [2.24, 2.45) is 0 Å². The molecule has 20 heavy (non-hydrogen) atoms. The second-order valence-corrected chi connectivity index (χ2v) is 5.22. The predicted octanol–water partition coefficient (Wildman–Crippen LogP) is 2.56. The molecule has 1 heterocycles. The Bertz CT molecular complexity index is 504. The van der Waals surface area contributed by atoms with Crippen LogP contribution < -0.4 is 0 Å². The summed E-state index contributed by atoms with van der Waals surface area (Å²) >= 11 is 0. The Hall–Kier alpha value is -1.51. The molecule has 2 atom stereocenters. The summed E-state index contributed by atoms with van der Waals surface area (Å²) in [5.41, 5.74) is 0.521. The van der Waals surface area contributed by atoms with Crippen LogP contribution in [-0.4, -0.2) is 42.0 Å². The maximum atomic E-state index is 13.8. The van der Waals surface area contributed by atoms with E-state index in [0.717, 1.165) is 32.2 Å². The molecule has 0 N–H and O–H groups in total. The number of hydrogen-bond donors (Lipinski definition) is 0. The molecule has 2 unspecified atom stereocenters. The third-order valence-corrected chi connectivity index (χ3v) is 4.04. The summed E-state index contributed by atoms with van der Waals surface area (Å²) in [6.07, 6.45) is 0. The summed E-state index contributed by atoms with van der Waals surface area (Å²) in [5.74, 6) is -1.04. The molecule has 1 saturated heterocycles. The molecule has 0 bridgehead atoms. The van der Waals surface area contributed by atoms with Crippen molar-refractivity contribution in [2.45, 2.75) is 25.9 Å². The number of hydrogen-bond acceptors (Lipinski definition) is 3. The fraction of sp³-hybridized carbons (Fsp3) is 0.533. The molecule has 3 nitrogen and oxygen atoms in total. The molecule has 0 aliphatic carbocycles. The van der Waals surface area contributed by atoms with Crippen LogP contribution in [0.2, 0.25) is 0 Å². The van der Waals surface area contributed by atoms with Crippen LogP contribution in [0.1, 0.15) is 25.5 Å². The third-order valence-electron chi connectivity index (χ3n) is 4.04. The van der Waals surface area contributed by atoms with Crippen LogP contribution in [0.4, 0.5) is 8.78 Å². The molecule has 1 aromatic rings. The van der Waals surface area contributed by atoms with E-state index >= 15 is 0 Å². The van der Waals surface area contributed by atoms with Crippen LogP contribution >= 0.6 is 0 Å². The first-order valence-electron chi connectivity index (χ1n) is 6.85. The van der Waals surface area contributed by atoms with E-state index in [1.165, 1.54) is 12.1 Å². The van der Waals surface area contributed by atoms with Crippen molar-refractivity contribution in [3.05, 3.63) is 35.4 Å². The molecule has 1 aliphatic heterocycles. The Balaban J connectivity index is 2.01. The highest BCUT2D eigenvalue weighted by Gasteiger charge is 2.25. The van der Waals surface area contributed by atoms with E-state index in [1.54, 1.807) is 0 Å². The van der Waals surface area contributed by atoms with Crippen LogP contribution in [0.15, 0.2) is 18.2 Å². The number of benzene rings is 1. The zero-order valence-electron chi connectivity index (χ0n) is 11.8. The minimum Gasteiger partial charge on any atom is -0.294 e. The first-order valence-corrected chi connectivity index (χ1v) is 6.85. The number of nitriles is 1. The van der Waals surface area contributed by atoms with Gasteiger partial charge >= 0.3 is 0 Å². The van der Waals surface area contributed by atoms with Gasteiger partial charge in [-0.3, -0.25) is 9.80 Å². The predicted molar refractivity (Wildman–Crippen MR) is 73.0 cm³/mol. The largest absolute Gasteiger partial charge is 0.294 e. The SMILES string of the molecule is CC(C#N)N1CCN(C(C)c2ccc(F)cc2F)CC1. The second kappa shape index (κ2) is 6.29. The van der Waals surface area contributed by atoms with Gasteiger partial charge in [0.2, 0.25) is 0 Å². The molecule has 0 aromatic heterocycles. The van der Waals surface area contributed by atoms with Gasteiger partial charge < -0.3 is 0 Å². The molecule has 0 amide bonds. The normalized spacial score (nSPS) is 20.4. The number of nitrogens with zero attached hydrogens (tertiary/aromatic N) is 3. The second-order valence-electron chi connectivity index (χ2n) is 5.22. The summed E-state index contributed by atoms with van der Waals surface area (Å²) in [7, 11) is 0. The number of rotatable bonds is 3. The van der Waals surface area contributed by atoms with Gasteiger partial charge in [-0.25, -0.2) is 8.78 Å². The molecule has 1 aliphatic rings. The molecule has 5 heteroatoms. The Labute approximate surface area is 118 Å². The van der Waals surface area contributed by atoms with Crippen molar-refractivity contribution in [1.29, 1.82) is 5.26 Å². The lowest BCUT2D eigenvalue weighted by Gasteiger charge is -2.39. The first-order chi connectivity index (χ1) is 9.52. The summed E-state index contributed by atoms with van der Waals surface area (Å²) in [6, 6.07) is 5.79. The summed E-state index contributed by atoms with van der Waals surface area (Å²) < 4.78 is 26.7. The quantitative estimate of drug-likeness (QED) is 0.852.